The first-order chi connectivity index (χ1) is 13.7. The standard InChI is InChI=1S/C23H27NO4S/c1-23(2,3)15-5-11-21-19(13-15)20-14-16(6-12-22(20)28-21)24-29(25,26)18-9-7-17(27-4)8-10-18/h6-10,12,14-15,24H,5,11,13H2,1-4H3/t15-/m1/s1. The summed E-state index contributed by atoms with van der Waals surface area (Å²) < 4.78 is 39.4. The number of sulfonamides is 1. The third-order valence-corrected chi connectivity index (χ3v) is 7.29. The molecule has 0 fully saturated rings. The normalized spacial score (nSPS) is 17.2. The number of ether oxygens (including phenoxy) is 1. The van der Waals surface area contributed by atoms with Crippen molar-refractivity contribution >= 4 is 26.7 Å². The molecule has 29 heavy (non-hydrogen) atoms. The molecule has 0 amide bonds. The van der Waals surface area contributed by atoms with Crippen LogP contribution in [0.25, 0.3) is 11.0 Å². The van der Waals surface area contributed by atoms with Crippen LogP contribution < -0.4 is 9.46 Å². The molecule has 1 heterocycles. The van der Waals surface area contributed by atoms with Gasteiger partial charge in [0.25, 0.3) is 10.0 Å². The number of hydrogen-bond acceptors (Lipinski definition) is 4. The molecule has 154 valence electrons. The minimum absolute atomic E-state index is 0.195. The maximum absolute atomic E-state index is 12.8. The summed E-state index contributed by atoms with van der Waals surface area (Å²) in [6.45, 7) is 6.83. The van der Waals surface area contributed by atoms with Crippen molar-refractivity contribution in [2.24, 2.45) is 11.3 Å². The third kappa shape index (κ3) is 3.86. The lowest BCUT2D eigenvalue weighted by Gasteiger charge is -2.33. The molecule has 2 aromatic carbocycles. The molecule has 1 aliphatic rings. The first kappa shape index (κ1) is 19.8. The van der Waals surface area contributed by atoms with E-state index >= 15 is 0 Å². The highest BCUT2D eigenvalue weighted by Gasteiger charge is 2.31. The number of rotatable bonds is 4. The highest BCUT2D eigenvalue weighted by molar-refractivity contribution is 7.92. The third-order valence-electron chi connectivity index (χ3n) is 5.89. The molecule has 0 spiro atoms. The molecule has 0 radical (unpaired) electrons. The first-order valence-electron chi connectivity index (χ1n) is 9.88. The summed E-state index contributed by atoms with van der Waals surface area (Å²) in [7, 11) is -2.13. The Morgan fingerprint density at radius 3 is 2.48 bits per heavy atom. The van der Waals surface area contributed by atoms with Crippen molar-refractivity contribution in [2.45, 2.75) is 44.9 Å². The van der Waals surface area contributed by atoms with Crippen LogP contribution in [-0.4, -0.2) is 15.5 Å². The van der Waals surface area contributed by atoms with Gasteiger partial charge in [0.15, 0.2) is 0 Å². The lowest BCUT2D eigenvalue weighted by Crippen LogP contribution is -2.26. The summed E-state index contributed by atoms with van der Waals surface area (Å²) in [5.41, 5.74) is 2.80. The predicted molar refractivity (Wildman–Crippen MR) is 115 cm³/mol. The van der Waals surface area contributed by atoms with E-state index < -0.39 is 10.0 Å². The maximum atomic E-state index is 12.8. The summed E-state index contributed by atoms with van der Waals surface area (Å²) in [5, 5.41) is 1.00. The molecule has 6 heteroatoms. The maximum Gasteiger partial charge on any atom is 0.261 e. The number of nitrogens with one attached hydrogen (secondary N) is 1. The van der Waals surface area contributed by atoms with Gasteiger partial charge in [-0.1, -0.05) is 20.8 Å². The van der Waals surface area contributed by atoms with Crippen LogP contribution in [0.2, 0.25) is 0 Å². The van der Waals surface area contributed by atoms with Crippen molar-refractivity contribution in [3.63, 3.8) is 0 Å². The number of furan rings is 1. The summed E-state index contributed by atoms with van der Waals surface area (Å²) >= 11 is 0. The Kier molecular flexibility index (Phi) is 4.85. The van der Waals surface area contributed by atoms with E-state index in [-0.39, 0.29) is 10.3 Å². The topological polar surface area (TPSA) is 68.5 Å². The summed E-state index contributed by atoms with van der Waals surface area (Å²) in [6.07, 6.45) is 3.01. The molecule has 1 N–H and O–H groups in total. The van der Waals surface area contributed by atoms with Crippen molar-refractivity contribution in [3.8, 4) is 5.75 Å². The zero-order valence-corrected chi connectivity index (χ0v) is 18.1. The number of anilines is 1. The van der Waals surface area contributed by atoms with E-state index in [9.17, 15) is 8.42 Å². The Hall–Kier alpha value is -2.47. The van der Waals surface area contributed by atoms with Gasteiger partial charge in [0.05, 0.1) is 12.0 Å². The fourth-order valence-electron chi connectivity index (χ4n) is 4.05. The van der Waals surface area contributed by atoms with E-state index in [1.807, 2.05) is 12.1 Å². The Bertz CT molecular complexity index is 1140. The molecular weight excluding hydrogens is 386 g/mol. The number of methoxy groups -OCH3 is 1. The van der Waals surface area contributed by atoms with Crippen LogP contribution >= 0.6 is 0 Å². The summed E-state index contributed by atoms with van der Waals surface area (Å²) in [6, 6.07) is 11.8. The van der Waals surface area contributed by atoms with Gasteiger partial charge in [-0.3, -0.25) is 4.72 Å². The molecule has 3 aromatic rings. The Balaban J connectivity index is 1.65. The second kappa shape index (κ2) is 7.10. The van der Waals surface area contributed by atoms with Gasteiger partial charge in [0.1, 0.15) is 17.1 Å². The van der Waals surface area contributed by atoms with E-state index in [0.29, 0.717) is 17.4 Å². The Labute approximate surface area is 172 Å². The second-order valence-corrected chi connectivity index (χ2v) is 10.5. The van der Waals surface area contributed by atoms with Crippen molar-refractivity contribution in [2.75, 3.05) is 11.8 Å². The average molecular weight is 414 g/mol. The van der Waals surface area contributed by atoms with Gasteiger partial charge in [0, 0.05) is 23.1 Å². The summed E-state index contributed by atoms with van der Waals surface area (Å²) in [4.78, 5) is 0.195. The zero-order chi connectivity index (χ0) is 20.8. The zero-order valence-electron chi connectivity index (χ0n) is 17.3. The number of aryl methyl sites for hydroxylation is 1. The van der Waals surface area contributed by atoms with Gasteiger partial charge in [-0.05, 0) is 66.6 Å². The smallest absolute Gasteiger partial charge is 0.261 e. The van der Waals surface area contributed by atoms with Crippen LogP contribution in [0, 0.1) is 11.3 Å². The number of fused-ring (bicyclic) bond motifs is 3. The van der Waals surface area contributed by atoms with Crippen molar-refractivity contribution in [1.82, 2.24) is 0 Å². The van der Waals surface area contributed by atoms with Crippen molar-refractivity contribution < 1.29 is 17.6 Å². The quantitative estimate of drug-likeness (QED) is 0.622. The van der Waals surface area contributed by atoms with Crippen LogP contribution in [-0.2, 0) is 22.9 Å². The molecule has 5 nitrogen and oxygen atoms in total. The molecule has 1 aromatic heterocycles. The van der Waals surface area contributed by atoms with E-state index in [4.69, 9.17) is 9.15 Å². The van der Waals surface area contributed by atoms with E-state index in [2.05, 4.69) is 25.5 Å². The average Bonchev–Trinajstić information content (AvgIpc) is 3.04. The van der Waals surface area contributed by atoms with E-state index in [1.165, 1.54) is 17.7 Å². The molecular formula is C23H27NO4S. The summed E-state index contributed by atoms with van der Waals surface area (Å²) in [5.74, 6) is 2.23. The van der Waals surface area contributed by atoms with Gasteiger partial charge >= 0.3 is 0 Å². The van der Waals surface area contributed by atoms with Gasteiger partial charge < -0.3 is 9.15 Å². The van der Waals surface area contributed by atoms with E-state index in [1.54, 1.807) is 25.3 Å². The highest BCUT2D eigenvalue weighted by atomic mass is 32.2. The SMILES string of the molecule is COc1ccc(S(=O)(=O)Nc2ccc3oc4c(c3c2)C[C@H](C(C)(C)C)CC4)cc1. The van der Waals surface area contributed by atoms with Crippen LogP contribution in [0.3, 0.4) is 0 Å². The molecule has 1 atom stereocenters. The molecule has 0 saturated carbocycles. The first-order valence-corrected chi connectivity index (χ1v) is 11.4. The van der Waals surface area contributed by atoms with Crippen molar-refractivity contribution in [3.05, 3.63) is 53.8 Å². The second-order valence-electron chi connectivity index (χ2n) is 8.80. The Morgan fingerprint density at radius 1 is 1.10 bits per heavy atom. The predicted octanol–water partition coefficient (Wildman–Crippen LogP) is 5.39. The van der Waals surface area contributed by atoms with E-state index in [0.717, 1.165) is 36.0 Å². The van der Waals surface area contributed by atoms with Crippen molar-refractivity contribution in [1.29, 1.82) is 0 Å². The van der Waals surface area contributed by atoms with Crippen LogP contribution in [0.4, 0.5) is 5.69 Å². The lowest BCUT2D eigenvalue weighted by atomic mass is 9.71. The minimum atomic E-state index is -3.68. The molecule has 4 rings (SSSR count). The van der Waals surface area contributed by atoms with Gasteiger partial charge in [-0.15, -0.1) is 0 Å². The lowest BCUT2D eigenvalue weighted by molar-refractivity contribution is 0.210. The van der Waals surface area contributed by atoms with Crippen LogP contribution in [0.15, 0.2) is 51.8 Å². The van der Waals surface area contributed by atoms with Crippen LogP contribution in [0.1, 0.15) is 38.5 Å². The largest absolute Gasteiger partial charge is 0.497 e. The van der Waals surface area contributed by atoms with Gasteiger partial charge in [-0.2, -0.15) is 0 Å². The molecule has 0 unspecified atom stereocenters. The molecule has 0 aliphatic heterocycles. The fraction of sp³-hybridized carbons (Fsp3) is 0.391. The van der Waals surface area contributed by atoms with Gasteiger partial charge in [-0.25, -0.2) is 8.42 Å². The number of benzene rings is 2. The minimum Gasteiger partial charge on any atom is -0.497 e. The monoisotopic (exact) mass is 413 g/mol. The highest BCUT2D eigenvalue weighted by Crippen LogP contribution is 2.41. The fourth-order valence-corrected chi connectivity index (χ4v) is 5.10. The molecule has 0 bridgehead atoms. The Morgan fingerprint density at radius 2 is 1.83 bits per heavy atom. The number of hydrogen-bond donors (Lipinski definition) is 1. The molecule has 0 saturated heterocycles. The van der Waals surface area contributed by atoms with Crippen LogP contribution in [0.5, 0.6) is 5.75 Å². The molecule has 1 aliphatic carbocycles. The van der Waals surface area contributed by atoms with Gasteiger partial charge in [0.2, 0.25) is 0 Å².